The lowest BCUT2D eigenvalue weighted by Crippen LogP contribution is -2.49. The SMILES string of the molecule is COc1ccc(CN(C(=S)N[C@H]2CCc3sc(NC(=O)C4CC4)c(C(=O)NCC4CC4)c3C2)C2CCC3(CCN(C(=O)OC(C)(C)C)C3)C2)c(OC)c1. The Hall–Kier alpha value is -3.58. The maximum atomic E-state index is 13.7. The third kappa shape index (κ3) is 8.88. The molecular formula is C40H55N5O6S2. The van der Waals surface area contributed by atoms with E-state index in [-0.39, 0.29) is 41.3 Å². The number of methoxy groups -OCH3 is 2. The van der Waals surface area contributed by atoms with Crippen molar-refractivity contribution in [1.82, 2.24) is 20.4 Å². The first-order chi connectivity index (χ1) is 25.3. The maximum absolute atomic E-state index is 13.7. The molecule has 4 aliphatic carbocycles. The van der Waals surface area contributed by atoms with Crippen LogP contribution in [0.25, 0.3) is 0 Å². The number of fused-ring (bicyclic) bond motifs is 1. The van der Waals surface area contributed by atoms with E-state index in [1.165, 1.54) is 4.88 Å². The van der Waals surface area contributed by atoms with Gasteiger partial charge in [-0.2, -0.15) is 0 Å². The van der Waals surface area contributed by atoms with Crippen LogP contribution in [-0.2, 0) is 28.9 Å². The highest BCUT2D eigenvalue weighted by Gasteiger charge is 2.48. The second kappa shape index (κ2) is 15.3. The molecule has 5 aliphatic rings. The van der Waals surface area contributed by atoms with E-state index in [4.69, 9.17) is 26.4 Å². The fourth-order valence-electron chi connectivity index (χ4n) is 8.26. The molecule has 3 amide bonds. The molecule has 0 bridgehead atoms. The van der Waals surface area contributed by atoms with Gasteiger partial charge in [-0.05, 0) is 133 Å². The van der Waals surface area contributed by atoms with Crippen molar-refractivity contribution >= 4 is 51.6 Å². The van der Waals surface area contributed by atoms with Gasteiger partial charge in [0.2, 0.25) is 5.91 Å². The van der Waals surface area contributed by atoms with Crippen LogP contribution in [0, 0.1) is 17.3 Å². The van der Waals surface area contributed by atoms with Gasteiger partial charge in [0.25, 0.3) is 5.91 Å². The van der Waals surface area contributed by atoms with Gasteiger partial charge in [-0.15, -0.1) is 11.3 Å². The predicted molar refractivity (Wildman–Crippen MR) is 210 cm³/mol. The van der Waals surface area contributed by atoms with Crippen molar-refractivity contribution in [2.75, 3.05) is 39.2 Å². The average Bonchev–Trinajstić information content (AvgIpc) is 4.04. The molecule has 11 nitrogen and oxygen atoms in total. The molecule has 3 saturated carbocycles. The quantitative estimate of drug-likeness (QED) is 0.216. The smallest absolute Gasteiger partial charge is 0.410 e. The summed E-state index contributed by atoms with van der Waals surface area (Å²) in [7, 11) is 3.32. The summed E-state index contributed by atoms with van der Waals surface area (Å²) in [5, 5.41) is 11.4. The van der Waals surface area contributed by atoms with Gasteiger partial charge in [-0.3, -0.25) is 9.59 Å². The number of nitrogens with zero attached hydrogens (tertiary/aromatic N) is 2. The number of ether oxygens (including phenoxy) is 3. The standard InChI is InChI=1S/C40H55N5O6S2/c1-39(2,3)51-38(48)44-17-16-40(23-44)15-14-28(20-40)45(22-26-10-12-29(49-4)19-31(26)50-5)37(52)42-27-11-13-32-30(18-27)33(35(47)41-21-24-6-7-24)36(53-32)43-34(46)25-8-9-25/h10,12,19,24-25,27-28H,6-9,11,13-18,20-23H2,1-5H3,(H,41,47)(H,42,52)(H,43,46)/t27-,28?,40?/m0/s1. The van der Waals surface area contributed by atoms with Crippen molar-refractivity contribution in [2.45, 2.75) is 116 Å². The van der Waals surface area contributed by atoms with Gasteiger partial charge < -0.3 is 40.0 Å². The topological polar surface area (TPSA) is 121 Å². The molecule has 3 atom stereocenters. The average molecular weight is 766 g/mol. The van der Waals surface area contributed by atoms with E-state index in [1.54, 1.807) is 25.6 Å². The summed E-state index contributed by atoms with van der Waals surface area (Å²) in [6.45, 7) is 8.33. The number of hydrogen-bond acceptors (Lipinski definition) is 8. The van der Waals surface area contributed by atoms with Gasteiger partial charge in [0.05, 0.1) is 19.8 Å². The van der Waals surface area contributed by atoms with Crippen LogP contribution in [0.3, 0.4) is 0 Å². The number of aryl methyl sites for hydroxylation is 1. The highest BCUT2D eigenvalue weighted by Crippen LogP contribution is 2.48. The van der Waals surface area contributed by atoms with E-state index in [2.05, 4.69) is 20.9 Å². The van der Waals surface area contributed by atoms with Crippen LogP contribution in [0.15, 0.2) is 18.2 Å². The molecule has 1 aromatic carbocycles. The fraction of sp³-hybridized carbons (Fsp3) is 0.650. The first-order valence-corrected chi connectivity index (χ1v) is 20.6. The normalized spacial score (nSPS) is 23.7. The molecule has 1 aromatic heterocycles. The molecule has 1 saturated heterocycles. The lowest BCUT2D eigenvalue weighted by molar-refractivity contribution is -0.117. The van der Waals surface area contributed by atoms with Gasteiger partial charge in [-0.25, -0.2) is 4.79 Å². The summed E-state index contributed by atoms with van der Waals surface area (Å²) in [6.07, 6.45) is 10.0. The van der Waals surface area contributed by atoms with Crippen LogP contribution in [0.2, 0.25) is 0 Å². The lowest BCUT2D eigenvalue weighted by Gasteiger charge is -2.36. The van der Waals surface area contributed by atoms with Gasteiger partial charge >= 0.3 is 6.09 Å². The number of rotatable bonds is 11. The Morgan fingerprint density at radius 1 is 1.06 bits per heavy atom. The van der Waals surface area contributed by atoms with E-state index >= 15 is 0 Å². The third-order valence-electron chi connectivity index (χ3n) is 11.6. The Morgan fingerprint density at radius 2 is 1.85 bits per heavy atom. The first-order valence-electron chi connectivity index (χ1n) is 19.3. The van der Waals surface area contributed by atoms with Crippen molar-refractivity contribution in [3.05, 3.63) is 39.8 Å². The third-order valence-corrected chi connectivity index (χ3v) is 13.1. The van der Waals surface area contributed by atoms with Crippen molar-refractivity contribution in [3.8, 4) is 11.5 Å². The minimum atomic E-state index is -0.534. The summed E-state index contributed by atoms with van der Waals surface area (Å²) in [5.41, 5.74) is 2.14. The zero-order chi connectivity index (χ0) is 37.5. The highest BCUT2D eigenvalue weighted by atomic mass is 32.1. The zero-order valence-corrected chi connectivity index (χ0v) is 33.4. The number of benzene rings is 1. The number of thiocarbonyl (C=S) groups is 1. The number of anilines is 1. The van der Waals surface area contributed by atoms with Crippen LogP contribution in [-0.4, -0.2) is 84.4 Å². The molecule has 4 fully saturated rings. The van der Waals surface area contributed by atoms with E-state index in [0.29, 0.717) is 54.2 Å². The van der Waals surface area contributed by atoms with Crippen molar-refractivity contribution in [3.63, 3.8) is 0 Å². The molecule has 53 heavy (non-hydrogen) atoms. The minimum absolute atomic E-state index is 0.0138. The van der Waals surface area contributed by atoms with Gasteiger partial charge in [0, 0.05) is 60.7 Å². The second-order valence-corrected chi connectivity index (χ2v) is 18.4. The number of hydrogen-bond donors (Lipinski definition) is 3. The molecule has 1 aliphatic heterocycles. The number of carbonyl (C=O) groups is 3. The number of carbonyl (C=O) groups excluding carboxylic acids is 3. The molecule has 2 heterocycles. The van der Waals surface area contributed by atoms with Gasteiger partial charge in [0.1, 0.15) is 22.1 Å². The Kier molecular flexibility index (Phi) is 10.9. The lowest BCUT2D eigenvalue weighted by atomic mass is 9.85. The molecule has 0 radical (unpaired) electrons. The monoisotopic (exact) mass is 765 g/mol. The summed E-state index contributed by atoms with van der Waals surface area (Å²) in [5.74, 6) is 2.00. The molecule has 13 heteroatoms. The van der Waals surface area contributed by atoms with E-state index in [1.807, 2.05) is 43.9 Å². The number of thiophene rings is 1. The van der Waals surface area contributed by atoms with Gasteiger partial charge in [-0.1, -0.05) is 0 Å². The molecule has 288 valence electrons. The van der Waals surface area contributed by atoms with Crippen molar-refractivity contribution in [2.24, 2.45) is 17.3 Å². The van der Waals surface area contributed by atoms with Crippen LogP contribution < -0.4 is 25.4 Å². The number of amides is 3. The minimum Gasteiger partial charge on any atom is -0.497 e. The molecule has 3 N–H and O–H groups in total. The van der Waals surface area contributed by atoms with E-state index in [0.717, 1.165) is 86.8 Å². The maximum Gasteiger partial charge on any atom is 0.410 e. The van der Waals surface area contributed by atoms with Crippen LogP contribution in [0.1, 0.15) is 105 Å². The second-order valence-electron chi connectivity index (χ2n) is 16.9. The molecule has 2 unspecified atom stereocenters. The largest absolute Gasteiger partial charge is 0.497 e. The Bertz CT molecular complexity index is 1730. The van der Waals surface area contributed by atoms with Crippen LogP contribution in [0.4, 0.5) is 9.80 Å². The summed E-state index contributed by atoms with van der Waals surface area (Å²) in [6, 6.07) is 6.09. The molecule has 1 spiro atoms. The number of nitrogens with one attached hydrogen (secondary N) is 3. The summed E-state index contributed by atoms with van der Waals surface area (Å²) < 4.78 is 17.0. The van der Waals surface area contributed by atoms with Crippen LogP contribution >= 0.6 is 23.6 Å². The fourth-order valence-corrected chi connectivity index (χ4v) is 9.89. The summed E-state index contributed by atoms with van der Waals surface area (Å²) in [4.78, 5) is 45.0. The van der Waals surface area contributed by atoms with Gasteiger partial charge in [0.15, 0.2) is 5.11 Å². The summed E-state index contributed by atoms with van der Waals surface area (Å²) >= 11 is 7.86. The van der Waals surface area contributed by atoms with Crippen molar-refractivity contribution < 1.29 is 28.6 Å². The van der Waals surface area contributed by atoms with E-state index < -0.39 is 5.60 Å². The molecule has 7 rings (SSSR count). The van der Waals surface area contributed by atoms with Crippen molar-refractivity contribution in [1.29, 1.82) is 0 Å². The predicted octanol–water partition coefficient (Wildman–Crippen LogP) is 6.67. The highest BCUT2D eigenvalue weighted by molar-refractivity contribution is 7.80. The Labute approximate surface area is 322 Å². The zero-order valence-electron chi connectivity index (χ0n) is 31.8. The first kappa shape index (κ1) is 37.7. The number of likely N-dealkylation sites (tertiary alicyclic amines) is 1. The van der Waals surface area contributed by atoms with Crippen LogP contribution in [0.5, 0.6) is 11.5 Å². The Morgan fingerprint density at radius 3 is 2.55 bits per heavy atom. The molecular weight excluding hydrogens is 711 g/mol. The van der Waals surface area contributed by atoms with E-state index in [9.17, 15) is 14.4 Å². The Balaban J connectivity index is 1.10. The molecule has 2 aromatic rings.